The van der Waals surface area contributed by atoms with Crippen LogP contribution in [0.15, 0.2) is 30.9 Å². The molecule has 1 saturated heterocycles. The Bertz CT molecular complexity index is 565. The van der Waals surface area contributed by atoms with Crippen LogP contribution < -0.4 is 0 Å². The summed E-state index contributed by atoms with van der Waals surface area (Å²) in [5, 5.41) is 18.9. The van der Waals surface area contributed by atoms with Crippen LogP contribution in [-0.2, 0) is 13.1 Å². The van der Waals surface area contributed by atoms with Crippen LogP contribution in [0, 0.1) is 6.92 Å². The van der Waals surface area contributed by atoms with Gasteiger partial charge in [-0.3, -0.25) is 14.3 Å². The van der Waals surface area contributed by atoms with Crippen LogP contribution in [0.5, 0.6) is 0 Å². The summed E-state index contributed by atoms with van der Waals surface area (Å²) in [5.41, 5.74) is 1.20. The highest BCUT2D eigenvalue weighted by Gasteiger charge is 2.25. The smallest absolute Gasteiger partial charge is 0.0862 e. The molecule has 0 spiro atoms. The lowest BCUT2D eigenvalue weighted by molar-refractivity contribution is 0.0496. The quantitative estimate of drug-likeness (QED) is 0.874. The summed E-state index contributed by atoms with van der Waals surface area (Å²) >= 11 is 0. The number of piperidine rings is 1. The van der Waals surface area contributed by atoms with Gasteiger partial charge in [-0.05, 0) is 37.9 Å². The average Bonchev–Trinajstić information content (AvgIpc) is 3.13. The third-order valence-electron chi connectivity index (χ3n) is 4.31. The van der Waals surface area contributed by atoms with Gasteiger partial charge in [-0.15, -0.1) is 0 Å². The molecule has 2 atom stereocenters. The first-order chi connectivity index (χ1) is 10.7. The van der Waals surface area contributed by atoms with Crippen molar-refractivity contribution >= 4 is 0 Å². The molecule has 3 rings (SSSR count). The van der Waals surface area contributed by atoms with Gasteiger partial charge in [0, 0.05) is 31.2 Å². The Morgan fingerprint density at radius 1 is 1.27 bits per heavy atom. The van der Waals surface area contributed by atoms with E-state index in [1.807, 2.05) is 23.1 Å². The summed E-state index contributed by atoms with van der Waals surface area (Å²) in [6.07, 6.45) is 10.9. The van der Waals surface area contributed by atoms with Gasteiger partial charge < -0.3 is 5.11 Å². The van der Waals surface area contributed by atoms with Crippen molar-refractivity contribution in [3.05, 3.63) is 36.4 Å². The molecule has 6 nitrogen and oxygen atoms in total. The number of β-amino-alcohol motifs (C(OH)–C–C–N with tert-alkyl or cyclic N) is 1. The molecule has 6 heteroatoms. The second-order valence-corrected chi connectivity index (χ2v) is 6.27. The van der Waals surface area contributed by atoms with E-state index in [1.54, 1.807) is 10.9 Å². The summed E-state index contributed by atoms with van der Waals surface area (Å²) in [5.74, 6) is 0. The molecule has 2 aromatic heterocycles. The molecule has 0 radical (unpaired) electrons. The molecule has 22 heavy (non-hydrogen) atoms. The molecule has 0 aliphatic carbocycles. The SMILES string of the molecule is Cc1cnn(C[C@H]2CCCCN2C[C@@H](O)Cn2cccn2)c1. The van der Waals surface area contributed by atoms with E-state index >= 15 is 0 Å². The molecule has 0 bridgehead atoms. The Hall–Kier alpha value is -1.66. The molecule has 0 unspecified atom stereocenters. The Balaban J connectivity index is 1.57. The van der Waals surface area contributed by atoms with Gasteiger partial charge in [0.05, 0.1) is 25.4 Å². The fourth-order valence-electron chi connectivity index (χ4n) is 3.24. The lowest BCUT2D eigenvalue weighted by Crippen LogP contribution is -2.46. The lowest BCUT2D eigenvalue weighted by Gasteiger charge is -2.36. The van der Waals surface area contributed by atoms with Gasteiger partial charge in [0.1, 0.15) is 0 Å². The second kappa shape index (κ2) is 7.07. The van der Waals surface area contributed by atoms with Gasteiger partial charge in [-0.2, -0.15) is 10.2 Å². The number of aliphatic hydroxyl groups excluding tert-OH is 1. The molecular formula is C16H25N5O. The monoisotopic (exact) mass is 303 g/mol. The number of aromatic nitrogens is 4. The number of hydrogen-bond donors (Lipinski definition) is 1. The summed E-state index contributed by atoms with van der Waals surface area (Å²) < 4.78 is 3.82. The van der Waals surface area contributed by atoms with Gasteiger partial charge in [0.15, 0.2) is 0 Å². The Kier molecular flexibility index (Phi) is 4.90. The maximum atomic E-state index is 10.3. The third kappa shape index (κ3) is 3.96. The Morgan fingerprint density at radius 2 is 2.18 bits per heavy atom. The minimum Gasteiger partial charge on any atom is -0.390 e. The largest absolute Gasteiger partial charge is 0.390 e. The molecule has 1 aliphatic heterocycles. The standard InChI is InChI=1S/C16H25N5O/c1-14-9-18-21(10-14)11-15-5-2-3-7-19(15)12-16(22)13-20-8-4-6-17-20/h4,6,8-10,15-16,22H,2-3,5,7,11-13H2,1H3/t15-,16-/m1/s1. The second-order valence-electron chi connectivity index (χ2n) is 6.27. The number of likely N-dealkylation sites (tertiary alicyclic amines) is 1. The molecule has 0 saturated carbocycles. The van der Waals surface area contributed by atoms with Gasteiger partial charge >= 0.3 is 0 Å². The summed E-state index contributed by atoms with van der Waals surface area (Å²) in [7, 11) is 0. The van der Waals surface area contributed by atoms with Crippen LogP contribution in [0.3, 0.4) is 0 Å². The van der Waals surface area contributed by atoms with Crippen LogP contribution in [0.2, 0.25) is 0 Å². The fraction of sp³-hybridized carbons (Fsp3) is 0.625. The molecule has 0 amide bonds. The highest BCUT2D eigenvalue weighted by atomic mass is 16.3. The van der Waals surface area contributed by atoms with Crippen molar-refractivity contribution in [1.82, 2.24) is 24.5 Å². The Morgan fingerprint density at radius 3 is 2.91 bits per heavy atom. The average molecular weight is 303 g/mol. The van der Waals surface area contributed by atoms with Crippen molar-refractivity contribution in [2.45, 2.75) is 51.4 Å². The molecule has 0 aromatic carbocycles. The van der Waals surface area contributed by atoms with E-state index in [1.165, 1.54) is 24.8 Å². The maximum Gasteiger partial charge on any atom is 0.0862 e. The topological polar surface area (TPSA) is 59.1 Å². The predicted molar refractivity (Wildman–Crippen MR) is 84.4 cm³/mol. The van der Waals surface area contributed by atoms with Crippen LogP contribution in [-0.4, -0.2) is 54.8 Å². The van der Waals surface area contributed by atoms with E-state index in [0.717, 1.165) is 13.1 Å². The van der Waals surface area contributed by atoms with Crippen molar-refractivity contribution in [3.8, 4) is 0 Å². The summed E-state index contributed by atoms with van der Waals surface area (Å²) in [6.45, 7) is 5.28. The van der Waals surface area contributed by atoms with Gasteiger partial charge in [-0.1, -0.05) is 6.42 Å². The zero-order chi connectivity index (χ0) is 15.4. The number of hydrogen-bond acceptors (Lipinski definition) is 4. The molecule has 1 aliphatic rings. The first-order valence-electron chi connectivity index (χ1n) is 8.09. The van der Waals surface area contributed by atoms with E-state index in [2.05, 4.69) is 28.2 Å². The summed E-state index contributed by atoms with van der Waals surface area (Å²) in [4.78, 5) is 2.41. The zero-order valence-corrected chi connectivity index (χ0v) is 13.2. The van der Waals surface area contributed by atoms with Crippen molar-refractivity contribution in [2.75, 3.05) is 13.1 Å². The van der Waals surface area contributed by atoms with E-state index in [0.29, 0.717) is 19.1 Å². The van der Waals surface area contributed by atoms with Crippen molar-refractivity contribution in [2.24, 2.45) is 0 Å². The fourth-order valence-corrected chi connectivity index (χ4v) is 3.24. The van der Waals surface area contributed by atoms with Crippen LogP contribution in [0.1, 0.15) is 24.8 Å². The van der Waals surface area contributed by atoms with Crippen molar-refractivity contribution in [1.29, 1.82) is 0 Å². The normalized spacial score (nSPS) is 21.1. The maximum absolute atomic E-state index is 10.3. The predicted octanol–water partition coefficient (Wildman–Crippen LogP) is 1.30. The molecule has 1 fully saturated rings. The van der Waals surface area contributed by atoms with Crippen LogP contribution in [0.25, 0.3) is 0 Å². The summed E-state index contributed by atoms with van der Waals surface area (Å²) in [6, 6.07) is 2.34. The van der Waals surface area contributed by atoms with Gasteiger partial charge in [0.2, 0.25) is 0 Å². The first kappa shape index (κ1) is 15.2. The molecule has 1 N–H and O–H groups in total. The van der Waals surface area contributed by atoms with E-state index in [-0.39, 0.29) is 6.10 Å². The zero-order valence-electron chi connectivity index (χ0n) is 13.2. The van der Waals surface area contributed by atoms with Crippen LogP contribution in [0.4, 0.5) is 0 Å². The minimum absolute atomic E-state index is 0.389. The number of nitrogens with zero attached hydrogens (tertiary/aromatic N) is 5. The van der Waals surface area contributed by atoms with E-state index in [9.17, 15) is 5.11 Å². The lowest BCUT2D eigenvalue weighted by atomic mass is 10.0. The highest BCUT2D eigenvalue weighted by molar-refractivity contribution is 4.99. The Labute approximate surface area is 131 Å². The first-order valence-corrected chi connectivity index (χ1v) is 8.09. The van der Waals surface area contributed by atoms with Gasteiger partial charge in [-0.25, -0.2) is 0 Å². The van der Waals surface area contributed by atoms with Crippen LogP contribution >= 0.6 is 0 Å². The molecule has 120 valence electrons. The van der Waals surface area contributed by atoms with Crippen molar-refractivity contribution in [3.63, 3.8) is 0 Å². The third-order valence-corrected chi connectivity index (χ3v) is 4.31. The molecule has 2 aromatic rings. The van der Waals surface area contributed by atoms with Gasteiger partial charge in [0.25, 0.3) is 0 Å². The number of aliphatic hydroxyl groups is 1. The van der Waals surface area contributed by atoms with E-state index in [4.69, 9.17) is 0 Å². The number of aryl methyl sites for hydroxylation is 1. The van der Waals surface area contributed by atoms with Crippen molar-refractivity contribution < 1.29 is 5.11 Å². The highest BCUT2D eigenvalue weighted by Crippen LogP contribution is 2.19. The molecular weight excluding hydrogens is 278 g/mol. The number of rotatable bonds is 6. The van der Waals surface area contributed by atoms with E-state index < -0.39 is 0 Å². The minimum atomic E-state index is -0.389. The molecule has 3 heterocycles.